The van der Waals surface area contributed by atoms with Gasteiger partial charge in [0.25, 0.3) is 0 Å². The molecule has 0 aliphatic rings. The number of anilines is 1. The van der Waals surface area contributed by atoms with Crippen molar-refractivity contribution in [2.75, 3.05) is 12.4 Å². The second kappa shape index (κ2) is 4.36. The lowest BCUT2D eigenvalue weighted by Gasteiger charge is -2.25. The van der Waals surface area contributed by atoms with E-state index >= 15 is 0 Å². The summed E-state index contributed by atoms with van der Waals surface area (Å²) in [6.45, 7) is 6.56. The molecule has 0 bridgehead atoms. The zero-order chi connectivity index (χ0) is 10.6. The van der Waals surface area contributed by atoms with Crippen LogP contribution < -0.4 is 10.1 Å². The second-order valence-corrected chi connectivity index (χ2v) is 4.09. The maximum atomic E-state index is 5.10. The Morgan fingerprint density at radius 1 is 1.21 bits per heavy atom. The minimum Gasteiger partial charge on any atom is -0.497 e. The maximum absolute atomic E-state index is 5.10. The Bertz CT molecular complexity index is 277. The minimum absolute atomic E-state index is 0.147. The number of methoxy groups -OCH3 is 1. The van der Waals surface area contributed by atoms with Crippen molar-refractivity contribution in [3.63, 3.8) is 0 Å². The van der Waals surface area contributed by atoms with Crippen molar-refractivity contribution in [2.45, 2.75) is 32.7 Å². The average molecular weight is 193 g/mol. The molecule has 1 aromatic carbocycles. The molecule has 2 nitrogen and oxygen atoms in total. The lowest BCUT2D eigenvalue weighted by Crippen LogP contribution is -2.29. The lowest BCUT2D eigenvalue weighted by molar-refractivity contribution is 0.415. The van der Waals surface area contributed by atoms with Gasteiger partial charge in [-0.3, -0.25) is 0 Å². The maximum Gasteiger partial charge on any atom is 0.119 e. The van der Waals surface area contributed by atoms with Crippen LogP contribution in [0.25, 0.3) is 0 Å². The summed E-state index contributed by atoms with van der Waals surface area (Å²) in [5.41, 5.74) is 1.28. The summed E-state index contributed by atoms with van der Waals surface area (Å²) in [4.78, 5) is 0. The number of nitrogens with one attached hydrogen (secondary N) is 1. The van der Waals surface area contributed by atoms with Gasteiger partial charge in [-0.05, 0) is 44.5 Å². The number of hydrogen-bond acceptors (Lipinski definition) is 2. The van der Waals surface area contributed by atoms with Gasteiger partial charge in [-0.2, -0.15) is 0 Å². The van der Waals surface area contributed by atoms with E-state index in [1.807, 2.05) is 24.3 Å². The molecule has 0 saturated carbocycles. The Morgan fingerprint density at radius 3 is 2.21 bits per heavy atom. The highest BCUT2D eigenvalue weighted by molar-refractivity contribution is 5.47. The lowest BCUT2D eigenvalue weighted by atomic mass is 10.0. The summed E-state index contributed by atoms with van der Waals surface area (Å²) in [6.07, 6.45) is 1.10. The molecule has 0 unspecified atom stereocenters. The predicted octanol–water partition coefficient (Wildman–Crippen LogP) is 3.30. The summed E-state index contributed by atoms with van der Waals surface area (Å²) in [7, 11) is 1.68. The molecule has 0 heterocycles. The van der Waals surface area contributed by atoms with Crippen molar-refractivity contribution in [3.05, 3.63) is 24.3 Å². The van der Waals surface area contributed by atoms with Crippen molar-refractivity contribution in [2.24, 2.45) is 0 Å². The summed E-state index contributed by atoms with van der Waals surface area (Å²) >= 11 is 0. The van der Waals surface area contributed by atoms with Gasteiger partial charge in [-0.15, -0.1) is 0 Å². The van der Waals surface area contributed by atoms with E-state index in [1.54, 1.807) is 7.11 Å². The van der Waals surface area contributed by atoms with Crippen LogP contribution in [0.4, 0.5) is 5.69 Å². The standard InChI is InChI=1S/C12H19NO/c1-5-12(2,3)13-10-6-8-11(14-4)9-7-10/h6-9,13H,5H2,1-4H3. The second-order valence-electron chi connectivity index (χ2n) is 4.09. The molecular weight excluding hydrogens is 174 g/mol. The normalized spacial score (nSPS) is 11.1. The van der Waals surface area contributed by atoms with Crippen LogP contribution >= 0.6 is 0 Å². The Kier molecular flexibility index (Phi) is 3.39. The van der Waals surface area contributed by atoms with Crippen LogP contribution in [0.15, 0.2) is 24.3 Å². The largest absolute Gasteiger partial charge is 0.497 e. The van der Waals surface area contributed by atoms with Crippen LogP contribution in [0.2, 0.25) is 0 Å². The average Bonchev–Trinajstić information content (AvgIpc) is 2.19. The van der Waals surface area contributed by atoms with Gasteiger partial charge in [0.05, 0.1) is 7.11 Å². The zero-order valence-corrected chi connectivity index (χ0v) is 9.42. The first-order chi connectivity index (χ1) is 6.57. The predicted molar refractivity (Wildman–Crippen MR) is 61.0 cm³/mol. The quantitative estimate of drug-likeness (QED) is 0.792. The number of benzene rings is 1. The summed E-state index contributed by atoms with van der Waals surface area (Å²) < 4.78 is 5.10. The van der Waals surface area contributed by atoms with E-state index < -0.39 is 0 Å². The molecular formula is C12H19NO. The molecule has 0 spiro atoms. The molecule has 2 heteroatoms. The van der Waals surface area contributed by atoms with Crippen molar-refractivity contribution >= 4 is 5.69 Å². The third-order valence-electron chi connectivity index (χ3n) is 2.46. The molecule has 1 rings (SSSR count). The van der Waals surface area contributed by atoms with Gasteiger partial charge >= 0.3 is 0 Å². The van der Waals surface area contributed by atoms with E-state index in [0.717, 1.165) is 17.9 Å². The molecule has 0 aromatic heterocycles. The highest BCUT2D eigenvalue weighted by Gasteiger charge is 2.13. The Morgan fingerprint density at radius 2 is 1.79 bits per heavy atom. The fraction of sp³-hybridized carbons (Fsp3) is 0.500. The van der Waals surface area contributed by atoms with Gasteiger partial charge in [-0.25, -0.2) is 0 Å². The monoisotopic (exact) mass is 193 g/mol. The third-order valence-corrected chi connectivity index (χ3v) is 2.46. The van der Waals surface area contributed by atoms with Crippen LogP contribution in [0.3, 0.4) is 0 Å². The fourth-order valence-corrected chi connectivity index (χ4v) is 1.15. The Labute approximate surface area is 86.3 Å². The molecule has 1 N–H and O–H groups in total. The molecule has 1 aromatic rings. The van der Waals surface area contributed by atoms with Gasteiger partial charge in [0, 0.05) is 11.2 Å². The molecule has 0 aliphatic heterocycles. The first-order valence-corrected chi connectivity index (χ1v) is 4.99. The van der Waals surface area contributed by atoms with E-state index in [-0.39, 0.29) is 5.54 Å². The Hall–Kier alpha value is -1.18. The number of ether oxygens (including phenoxy) is 1. The van der Waals surface area contributed by atoms with E-state index in [9.17, 15) is 0 Å². The SMILES string of the molecule is CCC(C)(C)Nc1ccc(OC)cc1. The highest BCUT2D eigenvalue weighted by Crippen LogP contribution is 2.20. The van der Waals surface area contributed by atoms with Crippen molar-refractivity contribution in [1.82, 2.24) is 0 Å². The molecule has 78 valence electrons. The van der Waals surface area contributed by atoms with Gasteiger partial charge in [0.1, 0.15) is 5.75 Å². The summed E-state index contributed by atoms with van der Waals surface area (Å²) in [6, 6.07) is 8.01. The fourth-order valence-electron chi connectivity index (χ4n) is 1.15. The third kappa shape index (κ3) is 2.95. The molecule has 0 atom stereocenters. The van der Waals surface area contributed by atoms with Crippen LogP contribution in [0.5, 0.6) is 5.75 Å². The molecule has 0 aliphatic carbocycles. The van der Waals surface area contributed by atoms with Crippen LogP contribution in [-0.2, 0) is 0 Å². The van der Waals surface area contributed by atoms with Crippen LogP contribution in [0.1, 0.15) is 27.2 Å². The molecule has 0 radical (unpaired) electrons. The van der Waals surface area contributed by atoms with Crippen molar-refractivity contribution < 1.29 is 4.74 Å². The highest BCUT2D eigenvalue weighted by atomic mass is 16.5. The Balaban J connectivity index is 2.69. The molecule has 0 saturated heterocycles. The summed E-state index contributed by atoms with van der Waals surface area (Å²) in [5.74, 6) is 0.893. The van der Waals surface area contributed by atoms with E-state index in [1.165, 1.54) is 0 Å². The molecule has 0 amide bonds. The first kappa shape index (κ1) is 10.9. The van der Waals surface area contributed by atoms with E-state index in [2.05, 4.69) is 26.1 Å². The topological polar surface area (TPSA) is 21.3 Å². The van der Waals surface area contributed by atoms with E-state index in [0.29, 0.717) is 0 Å². The van der Waals surface area contributed by atoms with Crippen molar-refractivity contribution in [1.29, 1.82) is 0 Å². The van der Waals surface area contributed by atoms with Gasteiger partial charge in [0.2, 0.25) is 0 Å². The smallest absolute Gasteiger partial charge is 0.119 e. The zero-order valence-electron chi connectivity index (χ0n) is 9.42. The van der Waals surface area contributed by atoms with Crippen molar-refractivity contribution in [3.8, 4) is 5.75 Å². The van der Waals surface area contributed by atoms with Crippen LogP contribution in [-0.4, -0.2) is 12.6 Å². The van der Waals surface area contributed by atoms with Gasteiger partial charge < -0.3 is 10.1 Å². The van der Waals surface area contributed by atoms with Gasteiger partial charge in [-0.1, -0.05) is 6.92 Å². The molecule has 0 fully saturated rings. The van der Waals surface area contributed by atoms with Crippen LogP contribution in [0, 0.1) is 0 Å². The van der Waals surface area contributed by atoms with Gasteiger partial charge in [0.15, 0.2) is 0 Å². The minimum atomic E-state index is 0.147. The number of rotatable bonds is 4. The summed E-state index contributed by atoms with van der Waals surface area (Å²) in [5, 5.41) is 3.46. The molecule has 14 heavy (non-hydrogen) atoms. The van der Waals surface area contributed by atoms with E-state index in [4.69, 9.17) is 4.74 Å². The number of hydrogen-bond donors (Lipinski definition) is 1. The first-order valence-electron chi connectivity index (χ1n) is 4.99.